The maximum absolute atomic E-state index is 13.2. The van der Waals surface area contributed by atoms with Crippen LogP contribution in [0.1, 0.15) is 63.1 Å². The fourth-order valence-corrected chi connectivity index (χ4v) is 4.40. The number of aromatic nitrogens is 2. The van der Waals surface area contributed by atoms with Gasteiger partial charge >= 0.3 is 12.2 Å². The molecule has 180 valence electrons. The molecule has 2 N–H and O–H groups in total. The van der Waals surface area contributed by atoms with Gasteiger partial charge in [-0.3, -0.25) is 4.79 Å². The van der Waals surface area contributed by atoms with Crippen LogP contribution in [0, 0.1) is 0 Å². The lowest BCUT2D eigenvalue weighted by atomic mass is 9.79. The Kier molecular flexibility index (Phi) is 6.14. The van der Waals surface area contributed by atoms with Crippen LogP contribution in [0.25, 0.3) is 11.0 Å². The Morgan fingerprint density at radius 3 is 2.53 bits per heavy atom. The molecule has 6 nitrogen and oxygen atoms in total. The second kappa shape index (κ2) is 8.77. The number of urea groups is 1. The van der Waals surface area contributed by atoms with Crippen LogP contribution in [0.4, 0.5) is 23.7 Å². The maximum atomic E-state index is 13.2. The molecule has 0 spiro atoms. The normalized spacial score (nSPS) is 17.0. The predicted molar refractivity (Wildman–Crippen MR) is 125 cm³/mol. The molecule has 2 amide bonds. The van der Waals surface area contributed by atoms with Crippen LogP contribution in [0.15, 0.2) is 53.5 Å². The lowest BCUT2D eigenvalue weighted by Gasteiger charge is -2.39. The van der Waals surface area contributed by atoms with Crippen molar-refractivity contribution in [3.63, 3.8) is 0 Å². The van der Waals surface area contributed by atoms with Crippen molar-refractivity contribution >= 4 is 22.8 Å². The Morgan fingerprint density at radius 1 is 1.15 bits per heavy atom. The Bertz CT molecular complexity index is 1280. The van der Waals surface area contributed by atoms with Gasteiger partial charge in [0.15, 0.2) is 0 Å². The van der Waals surface area contributed by atoms with Gasteiger partial charge in [-0.15, -0.1) is 0 Å². The minimum absolute atomic E-state index is 0.186. The molecule has 1 saturated carbocycles. The quantitative estimate of drug-likeness (QED) is 0.490. The SMILES string of the molecule is C[C@H]([C@@H](C)c1cccc(C(F)(F)F)c1)n1c(=O)cnc2cc(NC(=O)NC3(C)CCC3)ccc21. The Balaban J connectivity index is 1.61. The molecule has 9 heteroatoms. The number of rotatable bonds is 5. The van der Waals surface area contributed by atoms with Gasteiger partial charge in [-0.1, -0.05) is 25.1 Å². The number of halogens is 3. The van der Waals surface area contributed by atoms with Crippen molar-refractivity contribution in [2.75, 3.05) is 5.32 Å². The largest absolute Gasteiger partial charge is 0.416 e. The van der Waals surface area contributed by atoms with Crippen LogP contribution in [-0.4, -0.2) is 21.1 Å². The number of hydrogen-bond donors (Lipinski definition) is 2. The third-order valence-electron chi connectivity index (χ3n) is 6.79. The van der Waals surface area contributed by atoms with Crippen LogP contribution in [0.5, 0.6) is 0 Å². The zero-order chi connectivity index (χ0) is 24.7. The average Bonchev–Trinajstić information content (AvgIpc) is 2.76. The molecule has 0 bridgehead atoms. The lowest BCUT2D eigenvalue weighted by Crippen LogP contribution is -2.52. The number of anilines is 1. The zero-order valence-corrected chi connectivity index (χ0v) is 19.2. The van der Waals surface area contributed by atoms with E-state index in [0.29, 0.717) is 22.3 Å². The number of carbonyl (C=O) groups excluding carboxylic acids is 1. The van der Waals surface area contributed by atoms with Crippen molar-refractivity contribution in [2.45, 2.75) is 63.7 Å². The number of amides is 2. The fourth-order valence-electron chi connectivity index (χ4n) is 4.40. The van der Waals surface area contributed by atoms with Crippen LogP contribution in [0.2, 0.25) is 0 Å². The number of alkyl halides is 3. The van der Waals surface area contributed by atoms with Crippen molar-refractivity contribution in [3.05, 3.63) is 70.1 Å². The van der Waals surface area contributed by atoms with E-state index >= 15 is 0 Å². The minimum Gasteiger partial charge on any atom is -0.333 e. The summed E-state index contributed by atoms with van der Waals surface area (Å²) in [5.41, 5.74) is 0.791. The zero-order valence-electron chi connectivity index (χ0n) is 19.2. The first-order chi connectivity index (χ1) is 16.0. The highest BCUT2D eigenvalue weighted by atomic mass is 19.4. The van der Waals surface area contributed by atoms with Crippen molar-refractivity contribution in [1.82, 2.24) is 14.9 Å². The summed E-state index contributed by atoms with van der Waals surface area (Å²) in [6.45, 7) is 5.59. The Morgan fingerprint density at radius 2 is 1.88 bits per heavy atom. The van der Waals surface area contributed by atoms with E-state index in [0.717, 1.165) is 31.4 Å². The van der Waals surface area contributed by atoms with Gasteiger partial charge in [-0.2, -0.15) is 13.2 Å². The minimum atomic E-state index is -4.44. The number of nitrogens with zero attached hydrogens (tertiary/aromatic N) is 2. The number of benzene rings is 2. The standard InChI is InChI=1S/C25H27F3N4O2/c1-15(17-6-4-7-18(12-17)25(26,27)28)16(2)32-21-9-8-19(13-20(21)29-14-22(32)33)30-23(34)31-24(3)10-5-11-24/h4,6-9,12-16H,5,10-11H2,1-3H3,(H2,30,31,34)/t15-,16-/m1/s1. The van der Waals surface area contributed by atoms with Gasteiger partial charge in [0, 0.05) is 23.2 Å². The van der Waals surface area contributed by atoms with Gasteiger partial charge < -0.3 is 15.2 Å². The highest BCUT2D eigenvalue weighted by Crippen LogP contribution is 2.35. The van der Waals surface area contributed by atoms with Gasteiger partial charge in [0.25, 0.3) is 5.56 Å². The molecule has 1 aromatic heterocycles. The number of nitrogens with one attached hydrogen (secondary N) is 2. The molecule has 0 saturated heterocycles. The van der Waals surface area contributed by atoms with Crippen molar-refractivity contribution in [3.8, 4) is 0 Å². The summed E-state index contributed by atoms with van der Waals surface area (Å²) in [6.07, 6.45) is -0.283. The summed E-state index contributed by atoms with van der Waals surface area (Å²) in [5, 5.41) is 5.78. The van der Waals surface area contributed by atoms with Crippen LogP contribution in [0.3, 0.4) is 0 Å². The van der Waals surface area contributed by atoms with E-state index in [9.17, 15) is 22.8 Å². The van der Waals surface area contributed by atoms with E-state index in [4.69, 9.17) is 0 Å². The second-order valence-corrected chi connectivity index (χ2v) is 9.32. The molecule has 1 aliphatic rings. The molecule has 2 aromatic carbocycles. The van der Waals surface area contributed by atoms with Gasteiger partial charge in [0.1, 0.15) is 0 Å². The van der Waals surface area contributed by atoms with Gasteiger partial charge in [-0.25, -0.2) is 9.78 Å². The van der Waals surface area contributed by atoms with E-state index in [2.05, 4.69) is 15.6 Å². The molecule has 0 aliphatic heterocycles. The Labute approximate surface area is 195 Å². The van der Waals surface area contributed by atoms with E-state index in [1.165, 1.54) is 16.8 Å². The first-order valence-corrected chi connectivity index (χ1v) is 11.2. The van der Waals surface area contributed by atoms with Gasteiger partial charge in [-0.05, 0) is 62.9 Å². The summed E-state index contributed by atoms with van der Waals surface area (Å²) >= 11 is 0. The molecule has 1 fully saturated rings. The number of fused-ring (bicyclic) bond motifs is 1. The van der Waals surface area contributed by atoms with Crippen molar-refractivity contribution < 1.29 is 18.0 Å². The Hall–Kier alpha value is -3.36. The van der Waals surface area contributed by atoms with Crippen LogP contribution < -0.4 is 16.2 Å². The fraction of sp³-hybridized carbons (Fsp3) is 0.400. The predicted octanol–water partition coefficient (Wildman–Crippen LogP) is 5.84. The molecular weight excluding hydrogens is 445 g/mol. The second-order valence-electron chi connectivity index (χ2n) is 9.32. The van der Waals surface area contributed by atoms with Crippen LogP contribution in [-0.2, 0) is 6.18 Å². The summed E-state index contributed by atoms with van der Waals surface area (Å²) in [5.74, 6) is -0.377. The van der Waals surface area contributed by atoms with Gasteiger partial charge in [0.2, 0.25) is 0 Å². The smallest absolute Gasteiger partial charge is 0.333 e. The lowest BCUT2D eigenvalue weighted by molar-refractivity contribution is -0.137. The highest BCUT2D eigenvalue weighted by Gasteiger charge is 2.33. The van der Waals surface area contributed by atoms with E-state index < -0.39 is 17.8 Å². The van der Waals surface area contributed by atoms with E-state index in [1.807, 2.05) is 6.92 Å². The molecule has 0 unspecified atom stereocenters. The maximum Gasteiger partial charge on any atom is 0.416 e. The molecule has 4 rings (SSSR count). The topological polar surface area (TPSA) is 76.0 Å². The highest BCUT2D eigenvalue weighted by molar-refractivity contribution is 5.92. The molecule has 1 heterocycles. The van der Waals surface area contributed by atoms with E-state index in [1.54, 1.807) is 38.1 Å². The number of hydrogen-bond acceptors (Lipinski definition) is 3. The number of carbonyl (C=O) groups is 1. The first kappa shape index (κ1) is 23.8. The summed E-state index contributed by atoms with van der Waals surface area (Å²) in [4.78, 5) is 29.3. The summed E-state index contributed by atoms with van der Waals surface area (Å²) < 4.78 is 41.1. The van der Waals surface area contributed by atoms with Crippen molar-refractivity contribution in [2.24, 2.45) is 0 Å². The summed E-state index contributed by atoms with van der Waals surface area (Å²) in [7, 11) is 0. The molecule has 3 aromatic rings. The average molecular weight is 473 g/mol. The van der Waals surface area contributed by atoms with E-state index in [-0.39, 0.29) is 23.0 Å². The molecule has 0 radical (unpaired) electrons. The molecule has 34 heavy (non-hydrogen) atoms. The molecular formula is C25H27F3N4O2. The van der Waals surface area contributed by atoms with Crippen molar-refractivity contribution in [1.29, 1.82) is 0 Å². The van der Waals surface area contributed by atoms with Gasteiger partial charge in [0.05, 0.1) is 22.8 Å². The third kappa shape index (κ3) is 4.78. The molecule has 2 atom stereocenters. The van der Waals surface area contributed by atoms with Crippen LogP contribution >= 0.6 is 0 Å². The molecule has 1 aliphatic carbocycles. The third-order valence-corrected chi connectivity index (χ3v) is 6.79. The summed E-state index contributed by atoms with van der Waals surface area (Å²) in [6, 6.07) is 9.47. The first-order valence-electron chi connectivity index (χ1n) is 11.2. The monoisotopic (exact) mass is 472 g/mol.